The van der Waals surface area contributed by atoms with E-state index in [0.29, 0.717) is 11.3 Å². The van der Waals surface area contributed by atoms with E-state index in [1.807, 2.05) is 34.6 Å². The number of ether oxygens (including phenoxy) is 2. The van der Waals surface area contributed by atoms with Crippen molar-refractivity contribution in [1.82, 2.24) is 0 Å². The van der Waals surface area contributed by atoms with Gasteiger partial charge < -0.3 is 15.2 Å². The molecule has 6 heteroatoms. The number of nitrogens with two attached hydrogens (primary N) is 1. The van der Waals surface area contributed by atoms with Gasteiger partial charge in [-0.1, -0.05) is 20.4 Å². The highest BCUT2D eigenvalue weighted by Crippen LogP contribution is 2.53. The van der Waals surface area contributed by atoms with Crippen LogP contribution < -0.4 is 5.73 Å². The minimum Gasteiger partial charge on any atom is -0.501 e. The van der Waals surface area contributed by atoms with Gasteiger partial charge in [-0.15, -0.1) is 11.3 Å². The predicted molar refractivity (Wildman–Crippen MR) is 117 cm³/mol. The van der Waals surface area contributed by atoms with Crippen molar-refractivity contribution in [3.05, 3.63) is 33.2 Å². The van der Waals surface area contributed by atoms with E-state index >= 15 is 0 Å². The number of carbonyl (C=O) groups excluding carboxylic acids is 2. The monoisotopic (exact) mass is 421 g/mol. The van der Waals surface area contributed by atoms with E-state index in [1.54, 1.807) is 18.4 Å². The molecule has 1 fully saturated rings. The number of ketones is 1. The lowest BCUT2D eigenvalue weighted by Gasteiger charge is -2.41. The van der Waals surface area contributed by atoms with Gasteiger partial charge in [0, 0.05) is 22.1 Å². The molecule has 0 spiro atoms. The number of amides is 1. The van der Waals surface area contributed by atoms with Crippen molar-refractivity contribution in [2.45, 2.75) is 78.9 Å². The molecule has 1 aromatic heterocycles. The predicted octanol–water partition coefficient (Wildman–Crippen LogP) is 4.89. The van der Waals surface area contributed by atoms with Gasteiger partial charge in [-0.2, -0.15) is 0 Å². The molecule has 0 aromatic carbocycles. The Morgan fingerprint density at radius 1 is 1.21 bits per heavy atom. The number of carbonyl (C=O) groups is 2. The Bertz CT molecular complexity index is 828. The van der Waals surface area contributed by atoms with Gasteiger partial charge in [0.05, 0.1) is 29.3 Å². The number of hydrogen-bond acceptors (Lipinski definition) is 5. The zero-order chi connectivity index (χ0) is 22.4. The average Bonchev–Trinajstić information content (AvgIpc) is 3.30. The first-order valence-corrected chi connectivity index (χ1v) is 10.9. The van der Waals surface area contributed by atoms with Crippen LogP contribution in [0.4, 0.5) is 0 Å². The number of primary amides is 1. The third kappa shape index (κ3) is 4.58. The SMILES string of the molecule is C=C(OC)C1(C(=O)C(C)C)CC1.Cc1sc2c(c1C(N)=O)CC(C)(C)OC2(C)C. The van der Waals surface area contributed by atoms with Crippen LogP contribution in [0.3, 0.4) is 0 Å². The van der Waals surface area contributed by atoms with Gasteiger partial charge >= 0.3 is 0 Å². The van der Waals surface area contributed by atoms with E-state index in [2.05, 4.69) is 20.4 Å². The lowest BCUT2D eigenvalue weighted by molar-refractivity contribution is -0.135. The molecule has 2 aliphatic rings. The second kappa shape index (κ2) is 7.88. The second-order valence-electron chi connectivity index (χ2n) is 9.48. The van der Waals surface area contributed by atoms with Crippen molar-refractivity contribution in [2.75, 3.05) is 7.11 Å². The van der Waals surface area contributed by atoms with E-state index in [-0.39, 0.29) is 34.2 Å². The molecule has 0 radical (unpaired) electrons. The molecule has 0 atom stereocenters. The Hall–Kier alpha value is -1.66. The summed E-state index contributed by atoms with van der Waals surface area (Å²) < 4.78 is 11.1. The second-order valence-corrected chi connectivity index (χ2v) is 10.7. The van der Waals surface area contributed by atoms with Crippen molar-refractivity contribution in [3.63, 3.8) is 0 Å². The Labute approximate surface area is 178 Å². The van der Waals surface area contributed by atoms with E-state index in [4.69, 9.17) is 15.2 Å². The van der Waals surface area contributed by atoms with E-state index in [1.165, 1.54) is 0 Å². The van der Waals surface area contributed by atoms with Crippen molar-refractivity contribution in [1.29, 1.82) is 0 Å². The number of allylic oxidation sites excluding steroid dienone is 1. The van der Waals surface area contributed by atoms with Crippen molar-refractivity contribution in [3.8, 4) is 0 Å². The molecule has 1 aromatic rings. The summed E-state index contributed by atoms with van der Waals surface area (Å²) in [4.78, 5) is 25.4. The van der Waals surface area contributed by atoms with Crippen LogP contribution in [-0.2, 0) is 26.3 Å². The Morgan fingerprint density at radius 3 is 2.17 bits per heavy atom. The molecule has 3 rings (SSSR count). The highest BCUT2D eigenvalue weighted by molar-refractivity contribution is 7.12. The van der Waals surface area contributed by atoms with Crippen molar-refractivity contribution >= 4 is 23.0 Å². The van der Waals surface area contributed by atoms with Gasteiger partial charge in [-0.25, -0.2) is 0 Å². The van der Waals surface area contributed by atoms with Crippen LogP contribution in [0, 0.1) is 18.3 Å². The number of rotatable bonds is 5. The maximum absolute atomic E-state index is 11.7. The average molecular weight is 422 g/mol. The van der Waals surface area contributed by atoms with Gasteiger partial charge in [-0.05, 0) is 53.0 Å². The molecule has 0 unspecified atom stereocenters. The number of methoxy groups -OCH3 is 1. The van der Waals surface area contributed by atoms with Crippen LogP contribution in [0.25, 0.3) is 0 Å². The molecule has 1 aliphatic heterocycles. The van der Waals surface area contributed by atoms with Gasteiger partial charge in [0.2, 0.25) is 5.91 Å². The molecular formula is C23H35NO4S. The van der Waals surface area contributed by atoms with Crippen LogP contribution in [0.1, 0.15) is 80.1 Å². The highest BCUT2D eigenvalue weighted by Gasteiger charge is 2.53. The first kappa shape index (κ1) is 23.6. The number of fused-ring (bicyclic) bond motifs is 1. The smallest absolute Gasteiger partial charge is 0.250 e. The van der Waals surface area contributed by atoms with Gasteiger partial charge in [0.15, 0.2) is 0 Å². The van der Waals surface area contributed by atoms with Crippen LogP contribution in [-0.4, -0.2) is 24.4 Å². The number of Topliss-reactive ketones (excluding diaryl/α,β-unsaturated/α-hetero) is 1. The lowest BCUT2D eigenvalue weighted by atomic mass is 9.86. The Morgan fingerprint density at radius 2 is 1.76 bits per heavy atom. The summed E-state index contributed by atoms with van der Waals surface area (Å²) >= 11 is 1.63. The van der Waals surface area contributed by atoms with E-state index in [9.17, 15) is 9.59 Å². The molecule has 0 saturated heterocycles. The van der Waals surface area contributed by atoms with E-state index < -0.39 is 0 Å². The van der Waals surface area contributed by atoms with Crippen LogP contribution >= 0.6 is 11.3 Å². The Balaban J connectivity index is 0.000000221. The summed E-state index contributed by atoms with van der Waals surface area (Å²) in [5.74, 6) is 0.670. The third-order valence-electron chi connectivity index (χ3n) is 5.64. The lowest BCUT2D eigenvalue weighted by Crippen LogP contribution is -2.42. The minimum absolute atomic E-state index is 0.0828. The fraction of sp³-hybridized carbons (Fsp3) is 0.652. The molecule has 1 aliphatic carbocycles. The largest absolute Gasteiger partial charge is 0.501 e. The van der Waals surface area contributed by atoms with Crippen LogP contribution in [0.15, 0.2) is 12.3 Å². The minimum atomic E-state index is -0.347. The number of thiophene rings is 1. The highest BCUT2D eigenvalue weighted by atomic mass is 32.1. The third-order valence-corrected chi connectivity index (χ3v) is 7.09. The summed E-state index contributed by atoms with van der Waals surface area (Å²) in [6.07, 6.45) is 2.57. The molecule has 1 amide bonds. The first-order chi connectivity index (χ1) is 13.2. The quantitative estimate of drug-likeness (QED) is 0.686. The van der Waals surface area contributed by atoms with Crippen LogP contribution in [0.5, 0.6) is 0 Å². The zero-order valence-corrected chi connectivity index (χ0v) is 19.8. The summed E-state index contributed by atoms with van der Waals surface area (Å²) in [5, 5.41) is 0. The maximum atomic E-state index is 11.7. The summed E-state index contributed by atoms with van der Waals surface area (Å²) in [6.45, 7) is 17.8. The standard InChI is InChI=1S/C13H19NO2S.C10H16O2/c1-7-9(11(14)15)8-6-12(2,3)16-13(4,5)10(8)17-7;1-7(2)9(11)10(5-6-10)8(3)12-4/h6H2,1-5H3,(H2,14,15);7H,3,5-6H2,1-2,4H3. The number of aryl methyl sites for hydroxylation is 1. The van der Waals surface area contributed by atoms with Crippen molar-refractivity contribution < 1.29 is 19.1 Å². The van der Waals surface area contributed by atoms with Gasteiger partial charge in [-0.3, -0.25) is 9.59 Å². The molecule has 162 valence electrons. The normalized spacial score (nSPS) is 20.2. The molecule has 0 bridgehead atoms. The molecule has 2 heterocycles. The van der Waals surface area contributed by atoms with Gasteiger partial charge in [0.25, 0.3) is 0 Å². The summed E-state index contributed by atoms with van der Waals surface area (Å²) in [7, 11) is 1.58. The van der Waals surface area contributed by atoms with Gasteiger partial charge in [0.1, 0.15) is 11.5 Å². The van der Waals surface area contributed by atoms with E-state index in [0.717, 1.165) is 34.6 Å². The summed E-state index contributed by atoms with van der Waals surface area (Å²) in [5.41, 5.74) is 6.36. The fourth-order valence-electron chi connectivity index (χ4n) is 4.30. The first-order valence-electron chi connectivity index (χ1n) is 10.1. The maximum Gasteiger partial charge on any atom is 0.250 e. The molecule has 2 N–H and O–H groups in total. The Kier molecular flexibility index (Phi) is 6.41. The van der Waals surface area contributed by atoms with Crippen molar-refractivity contribution in [2.24, 2.45) is 17.1 Å². The molecule has 1 saturated carbocycles. The molecular weight excluding hydrogens is 386 g/mol. The van der Waals surface area contributed by atoms with Crippen LogP contribution in [0.2, 0.25) is 0 Å². The molecule has 5 nitrogen and oxygen atoms in total. The number of hydrogen-bond donors (Lipinski definition) is 1. The topological polar surface area (TPSA) is 78.6 Å². The summed E-state index contributed by atoms with van der Waals surface area (Å²) in [6, 6.07) is 0. The fourth-order valence-corrected chi connectivity index (χ4v) is 5.52. The molecule has 29 heavy (non-hydrogen) atoms. The zero-order valence-electron chi connectivity index (χ0n) is 19.0.